The fourth-order valence-corrected chi connectivity index (χ4v) is 3.82. The highest BCUT2D eigenvalue weighted by molar-refractivity contribution is 5.94. The van der Waals surface area contributed by atoms with Crippen molar-refractivity contribution >= 4 is 28.7 Å². The second kappa shape index (κ2) is 7.26. The van der Waals surface area contributed by atoms with Gasteiger partial charge in [-0.2, -0.15) is 10.2 Å². The monoisotopic (exact) mass is 409 g/mol. The van der Waals surface area contributed by atoms with E-state index in [1.54, 1.807) is 16.1 Å². The average molecular weight is 409 g/mol. The molecule has 0 aliphatic heterocycles. The van der Waals surface area contributed by atoms with Crippen molar-refractivity contribution in [3.05, 3.63) is 45.8 Å². The highest BCUT2D eigenvalue weighted by Gasteiger charge is 2.34. The van der Waals surface area contributed by atoms with Crippen LogP contribution in [0.3, 0.4) is 0 Å². The third-order valence-corrected chi connectivity index (χ3v) is 5.41. The van der Waals surface area contributed by atoms with Crippen molar-refractivity contribution in [2.75, 3.05) is 5.32 Å². The van der Waals surface area contributed by atoms with Crippen LogP contribution in [0.25, 0.3) is 11.2 Å². The molecular weight excluding hydrogens is 389 g/mol. The second-order valence-electron chi connectivity index (χ2n) is 7.41. The molecule has 10 heteroatoms. The molecule has 0 radical (unpaired) electrons. The maximum Gasteiger partial charge on any atom is 0.330 e. The van der Waals surface area contributed by atoms with Crippen molar-refractivity contribution in [3.63, 3.8) is 0 Å². The molecule has 1 aliphatic rings. The van der Waals surface area contributed by atoms with Crippen molar-refractivity contribution in [3.8, 4) is 6.07 Å². The molecule has 30 heavy (non-hydrogen) atoms. The number of nitrogens with one attached hydrogen (secondary N) is 1. The summed E-state index contributed by atoms with van der Waals surface area (Å²) in [5, 5.41) is 11.8. The van der Waals surface area contributed by atoms with Crippen LogP contribution in [0, 0.1) is 30.0 Å². The number of primary amides is 1. The number of hydrogen-bond acceptors (Lipinski definition) is 6. The Bertz CT molecular complexity index is 1260. The van der Waals surface area contributed by atoms with Gasteiger partial charge in [-0.3, -0.25) is 13.9 Å². The zero-order valence-electron chi connectivity index (χ0n) is 16.5. The average Bonchev–Trinajstić information content (AvgIpc) is 2.94. The minimum atomic E-state index is -0.874. The van der Waals surface area contributed by atoms with Gasteiger partial charge in [0.1, 0.15) is 5.52 Å². The van der Waals surface area contributed by atoms with Crippen LogP contribution in [-0.2, 0) is 6.54 Å². The molecule has 1 aliphatic carbocycles. The molecule has 1 amide bonds. The molecular formula is C20H20FN7O2. The molecule has 9 nitrogen and oxygen atoms in total. The standard InChI is InChI=1S/C20H20FN7O2/c1-3-27-15-9-24-19(25-14-5-10(2)4-13(16(14)21)17(23)29)26-18(15)28(20(27)30)12-6-11(7-12)8-22/h4-5,9,11-12H,3,6-7H2,1-2H3,(H2,23,29)(H,24,25,26)/t11-,12+. The lowest BCUT2D eigenvalue weighted by molar-refractivity contribution is 0.0996. The topological polar surface area (TPSA) is 132 Å². The lowest BCUT2D eigenvalue weighted by atomic mass is 9.81. The molecule has 0 saturated heterocycles. The van der Waals surface area contributed by atoms with Gasteiger partial charge in [0.2, 0.25) is 5.95 Å². The van der Waals surface area contributed by atoms with E-state index in [4.69, 9.17) is 11.0 Å². The zero-order valence-corrected chi connectivity index (χ0v) is 16.5. The number of aromatic nitrogens is 4. The summed E-state index contributed by atoms with van der Waals surface area (Å²) in [5.41, 5.74) is 6.45. The molecule has 0 spiro atoms. The lowest BCUT2D eigenvalue weighted by Gasteiger charge is -2.31. The van der Waals surface area contributed by atoms with Gasteiger partial charge in [0.25, 0.3) is 5.91 Å². The van der Waals surface area contributed by atoms with Crippen molar-refractivity contribution in [2.24, 2.45) is 11.7 Å². The first-order valence-corrected chi connectivity index (χ1v) is 9.58. The van der Waals surface area contributed by atoms with Gasteiger partial charge in [0.05, 0.1) is 29.4 Å². The summed E-state index contributed by atoms with van der Waals surface area (Å²) in [6, 6.07) is 4.99. The smallest absolute Gasteiger partial charge is 0.330 e. The Morgan fingerprint density at radius 1 is 1.43 bits per heavy atom. The number of hydrogen-bond donors (Lipinski definition) is 2. The van der Waals surface area contributed by atoms with E-state index in [1.165, 1.54) is 18.3 Å². The maximum atomic E-state index is 14.7. The van der Waals surface area contributed by atoms with Crippen LogP contribution in [0.1, 0.15) is 41.7 Å². The van der Waals surface area contributed by atoms with Crippen molar-refractivity contribution < 1.29 is 9.18 Å². The van der Waals surface area contributed by atoms with Gasteiger partial charge >= 0.3 is 5.69 Å². The number of nitrogens with zero attached hydrogens (tertiary/aromatic N) is 5. The normalized spacial score (nSPS) is 18.1. The minimum Gasteiger partial charge on any atom is -0.366 e. The summed E-state index contributed by atoms with van der Waals surface area (Å²) in [4.78, 5) is 33.0. The Hall–Kier alpha value is -3.74. The number of nitrogens with two attached hydrogens (primary N) is 1. The Kier molecular flexibility index (Phi) is 4.73. The maximum absolute atomic E-state index is 14.7. The number of amides is 1. The fraction of sp³-hybridized carbons (Fsp3) is 0.350. The number of carbonyl (C=O) groups is 1. The van der Waals surface area contributed by atoms with E-state index in [9.17, 15) is 14.0 Å². The Labute approximate surface area is 171 Å². The van der Waals surface area contributed by atoms with Gasteiger partial charge in [0.15, 0.2) is 11.5 Å². The first-order valence-electron chi connectivity index (χ1n) is 9.58. The Morgan fingerprint density at radius 2 is 2.17 bits per heavy atom. The number of benzene rings is 1. The van der Waals surface area contributed by atoms with Gasteiger partial charge in [-0.15, -0.1) is 0 Å². The summed E-state index contributed by atoms with van der Waals surface area (Å²) in [7, 11) is 0. The fourth-order valence-electron chi connectivity index (χ4n) is 3.82. The molecule has 0 unspecified atom stereocenters. The quantitative estimate of drug-likeness (QED) is 0.665. The third kappa shape index (κ3) is 3.08. The number of rotatable bonds is 5. The molecule has 3 N–H and O–H groups in total. The van der Waals surface area contributed by atoms with Gasteiger partial charge < -0.3 is 11.1 Å². The largest absolute Gasteiger partial charge is 0.366 e. The van der Waals surface area contributed by atoms with Gasteiger partial charge in [-0.25, -0.2) is 14.2 Å². The van der Waals surface area contributed by atoms with Crippen LogP contribution in [0.15, 0.2) is 23.1 Å². The first-order chi connectivity index (χ1) is 14.3. The highest BCUT2D eigenvalue weighted by Crippen LogP contribution is 2.38. The van der Waals surface area contributed by atoms with Crippen LogP contribution in [0.4, 0.5) is 16.0 Å². The number of halogens is 1. The molecule has 2 heterocycles. The van der Waals surface area contributed by atoms with Crippen LogP contribution in [0.5, 0.6) is 0 Å². The van der Waals surface area contributed by atoms with Crippen LogP contribution in [-0.4, -0.2) is 25.0 Å². The van der Waals surface area contributed by atoms with E-state index in [-0.39, 0.29) is 34.8 Å². The summed E-state index contributed by atoms with van der Waals surface area (Å²) in [6.07, 6.45) is 2.68. The third-order valence-electron chi connectivity index (χ3n) is 5.41. The predicted octanol–water partition coefficient (Wildman–Crippen LogP) is 2.38. The molecule has 3 aromatic rings. The zero-order chi connectivity index (χ0) is 21.6. The summed E-state index contributed by atoms with van der Waals surface area (Å²) < 4.78 is 17.8. The van der Waals surface area contributed by atoms with Gasteiger partial charge in [0, 0.05) is 12.6 Å². The highest BCUT2D eigenvalue weighted by atomic mass is 19.1. The minimum absolute atomic E-state index is 0.0140. The van der Waals surface area contributed by atoms with Gasteiger partial charge in [-0.1, -0.05) is 0 Å². The molecule has 1 saturated carbocycles. The van der Waals surface area contributed by atoms with Gasteiger partial charge in [-0.05, 0) is 44.4 Å². The van der Waals surface area contributed by atoms with Crippen LogP contribution in [0.2, 0.25) is 0 Å². The van der Waals surface area contributed by atoms with Crippen molar-refractivity contribution in [1.29, 1.82) is 5.26 Å². The molecule has 4 rings (SSSR count). The van der Waals surface area contributed by atoms with Crippen molar-refractivity contribution in [1.82, 2.24) is 19.1 Å². The number of aryl methyl sites for hydroxylation is 2. The number of nitriles is 1. The van der Waals surface area contributed by atoms with E-state index in [0.717, 1.165) is 0 Å². The van der Waals surface area contributed by atoms with E-state index in [0.29, 0.717) is 36.1 Å². The Morgan fingerprint density at radius 3 is 2.80 bits per heavy atom. The molecule has 154 valence electrons. The van der Waals surface area contributed by atoms with Crippen molar-refractivity contribution in [2.45, 2.75) is 39.3 Å². The predicted molar refractivity (Wildman–Crippen MR) is 108 cm³/mol. The number of carbonyl (C=O) groups excluding carboxylic acids is 1. The first kappa shape index (κ1) is 19.6. The summed E-state index contributed by atoms with van der Waals surface area (Å²) in [6.45, 7) is 4.01. The van der Waals surface area contributed by atoms with E-state index < -0.39 is 11.7 Å². The van der Waals surface area contributed by atoms with E-state index in [1.807, 2.05) is 6.92 Å². The van der Waals surface area contributed by atoms with E-state index in [2.05, 4.69) is 21.4 Å². The second-order valence-corrected chi connectivity index (χ2v) is 7.41. The van der Waals surface area contributed by atoms with Crippen LogP contribution >= 0.6 is 0 Å². The SMILES string of the molecule is CCn1c(=O)n([C@H]2C[C@@H](C#N)C2)c2nc(Nc3cc(C)cc(C(N)=O)c3F)ncc21. The summed E-state index contributed by atoms with van der Waals surface area (Å²) >= 11 is 0. The molecule has 0 bridgehead atoms. The molecule has 0 atom stereocenters. The van der Waals surface area contributed by atoms with E-state index >= 15 is 0 Å². The van der Waals surface area contributed by atoms with Crippen LogP contribution < -0.4 is 16.7 Å². The molecule has 2 aromatic heterocycles. The molecule has 1 aromatic carbocycles. The number of imidazole rings is 1. The summed E-state index contributed by atoms with van der Waals surface area (Å²) in [5.74, 6) is -1.66. The lowest BCUT2D eigenvalue weighted by Crippen LogP contribution is -2.34. The Balaban J connectivity index is 1.79. The molecule has 1 fully saturated rings. The number of anilines is 2. The number of fused-ring (bicyclic) bond motifs is 1.